The van der Waals surface area contributed by atoms with Crippen LogP contribution < -0.4 is 19.5 Å². The summed E-state index contributed by atoms with van der Waals surface area (Å²) in [6, 6.07) is 18.0. The van der Waals surface area contributed by atoms with Gasteiger partial charge in [0.2, 0.25) is 12.7 Å². The van der Waals surface area contributed by atoms with E-state index in [-0.39, 0.29) is 37.4 Å². The number of para-hydroxylation sites is 1. The summed E-state index contributed by atoms with van der Waals surface area (Å²) in [6.07, 6.45) is 0. The summed E-state index contributed by atoms with van der Waals surface area (Å²) < 4.78 is 34.7. The number of hydrogen-bond acceptors (Lipinski definition) is 7. The second-order valence-electron chi connectivity index (χ2n) is 6.82. The van der Waals surface area contributed by atoms with Crippen LogP contribution in [-0.4, -0.2) is 37.6 Å². The Bertz CT molecular complexity index is 1160. The summed E-state index contributed by atoms with van der Waals surface area (Å²) in [5.41, 5.74) is 0.927. The first-order valence-corrected chi connectivity index (χ1v) is 11.0. The average molecular weight is 469 g/mol. The van der Waals surface area contributed by atoms with Crippen LogP contribution >= 0.6 is 11.8 Å². The number of carbonyl (C=O) groups is 2. The molecule has 4 rings (SSSR count). The molecule has 0 bridgehead atoms. The Labute approximate surface area is 193 Å². The van der Waals surface area contributed by atoms with E-state index in [0.29, 0.717) is 27.6 Å². The minimum atomic E-state index is -0.550. The molecular weight excluding hydrogens is 449 g/mol. The standard InChI is InChI=1S/C24H20FNO6S/c25-18-6-2-3-7-19(18)29-11-12-30-24(28)17-5-1-4-8-22(17)33-14-23(27)26-16-9-10-20-21(13-16)32-15-31-20/h1-10,13H,11-12,14-15H2,(H,26,27). The quantitative estimate of drug-likeness (QED) is 0.280. The van der Waals surface area contributed by atoms with Crippen LogP contribution in [0.5, 0.6) is 17.2 Å². The van der Waals surface area contributed by atoms with Crippen LogP contribution in [0.3, 0.4) is 0 Å². The van der Waals surface area contributed by atoms with Crippen molar-refractivity contribution in [2.24, 2.45) is 0 Å². The third kappa shape index (κ3) is 5.95. The van der Waals surface area contributed by atoms with E-state index < -0.39 is 11.8 Å². The first-order valence-electron chi connectivity index (χ1n) is 10.1. The summed E-state index contributed by atoms with van der Waals surface area (Å²) >= 11 is 1.22. The molecule has 9 heteroatoms. The van der Waals surface area contributed by atoms with Crippen LogP contribution in [0.25, 0.3) is 0 Å². The molecular formula is C24H20FNO6S. The number of ether oxygens (including phenoxy) is 4. The number of rotatable bonds is 9. The van der Waals surface area contributed by atoms with Gasteiger partial charge in [-0.15, -0.1) is 11.8 Å². The number of hydrogen-bond donors (Lipinski definition) is 1. The number of benzene rings is 3. The number of carbonyl (C=O) groups excluding carboxylic acids is 2. The number of fused-ring (bicyclic) bond motifs is 1. The molecule has 7 nitrogen and oxygen atoms in total. The van der Waals surface area contributed by atoms with Gasteiger partial charge >= 0.3 is 5.97 Å². The number of anilines is 1. The van der Waals surface area contributed by atoms with Crippen LogP contribution in [0.15, 0.2) is 71.6 Å². The van der Waals surface area contributed by atoms with Crippen LogP contribution in [-0.2, 0) is 9.53 Å². The van der Waals surface area contributed by atoms with E-state index >= 15 is 0 Å². The van der Waals surface area contributed by atoms with Crippen LogP contribution in [0, 0.1) is 5.82 Å². The Morgan fingerprint density at radius 3 is 2.64 bits per heavy atom. The lowest BCUT2D eigenvalue weighted by atomic mass is 10.2. The topological polar surface area (TPSA) is 83.1 Å². The van der Waals surface area contributed by atoms with Crippen molar-refractivity contribution >= 4 is 29.3 Å². The third-order valence-corrected chi connectivity index (χ3v) is 5.61. The minimum Gasteiger partial charge on any atom is -0.487 e. The molecule has 0 spiro atoms. The summed E-state index contributed by atoms with van der Waals surface area (Å²) in [5.74, 6) is 0.130. The van der Waals surface area contributed by atoms with E-state index in [9.17, 15) is 14.0 Å². The van der Waals surface area contributed by atoms with Gasteiger partial charge in [-0.25, -0.2) is 9.18 Å². The van der Waals surface area contributed by atoms with Gasteiger partial charge in [0.05, 0.1) is 11.3 Å². The van der Waals surface area contributed by atoms with Crippen LogP contribution in [0.4, 0.5) is 10.1 Å². The lowest BCUT2D eigenvalue weighted by molar-refractivity contribution is -0.113. The number of thioether (sulfide) groups is 1. The van der Waals surface area contributed by atoms with E-state index in [2.05, 4.69) is 5.32 Å². The highest BCUT2D eigenvalue weighted by Crippen LogP contribution is 2.34. The molecule has 3 aromatic rings. The van der Waals surface area contributed by atoms with Gasteiger partial charge in [0.15, 0.2) is 23.1 Å². The Hall–Kier alpha value is -3.72. The summed E-state index contributed by atoms with van der Waals surface area (Å²) in [5, 5.41) is 2.79. The van der Waals surface area contributed by atoms with Crippen molar-refractivity contribution in [1.82, 2.24) is 0 Å². The van der Waals surface area contributed by atoms with Crippen LogP contribution in [0.1, 0.15) is 10.4 Å². The largest absolute Gasteiger partial charge is 0.487 e. The Morgan fingerprint density at radius 2 is 1.76 bits per heavy atom. The molecule has 0 atom stereocenters. The molecule has 1 N–H and O–H groups in total. The van der Waals surface area contributed by atoms with Gasteiger partial charge in [0.25, 0.3) is 0 Å². The van der Waals surface area contributed by atoms with E-state index in [0.717, 1.165) is 0 Å². The molecule has 3 aromatic carbocycles. The normalized spacial score (nSPS) is 11.7. The molecule has 0 saturated carbocycles. The Kier molecular flexibility index (Phi) is 7.31. The van der Waals surface area contributed by atoms with E-state index in [1.54, 1.807) is 54.6 Å². The molecule has 0 aromatic heterocycles. The fraction of sp³-hybridized carbons (Fsp3) is 0.167. The highest BCUT2D eigenvalue weighted by atomic mass is 32.2. The average Bonchev–Trinajstić information content (AvgIpc) is 3.29. The van der Waals surface area contributed by atoms with Crippen molar-refractivity contribution in [1.29, 1.82) is 0 Å². The zero-order valence-corrected chi connectivity index (χ0v) is 18.2. The maximum Gasteiger partial charge on any atom is 0.339 e. The predicted molar refractivity (Wildman–Crippen MR) is 121 cm³/mol. The zero-order valence-electron chi connectivity index (χ0n) is 17.4. The number of amides is 1. The van der Waals surface area contributed by atoms with Crippen LogP contribution in [0.2, 0.25) is 0 Å². The zero-order chi connectivity index (χ0) is 23.0. The van der Waals surface area contributed by atoms with Gasteiger partial charge in [-0.2, -0.15) is 0 Å². The van der Waals surface area contributed by atoms with E-state index in [1.807, 2.05) is 0 Å². The fourth-order valence-corrected chi connectivity index (χ4v) is 3.84. The first kappa shape index (κ1) is 22.5. The number of nitrogens with one attached hydrogen (secondary N) is 1. The molecule has 33 heavy (non-hydrogen) atoms. The Balaban J connectivity index is 1.27. The maximum absolute atomic E-state index is 13.6. The predicted octanol–water partition coefficient (Wildman–Crippen LogP) is 4.52. The van der Waals surface area contributed by atoms with Gasteiger partial charge in [0, 0.05) is 16.6 Å². The van der Waals surface area contributed by atoms with Gasteiger partial charge in [-0.1, -0.05) is 24.3 Å². The van der Waals surface area contributed by atoms with Gasteiger partial charge in [0.1, 0.15) is 13.2 Å². The van der Waals surface area contributed by atoms with Gasteiger partial charge in [-0.3, -0.25) is 4.79 Å². The van der Waals surface area contributed by atoms with E-state index in [1.165, 1.54) is 23.9 Å². The molecule has 170 valence electrons. The lowest BCUT2D eigenvalue weighted by Gasteiger charge is -2.11. The number of esters is 1. The maximum atomic E-state index is 13.6. The van der Waals surface area contributed by atoms with Gasteiger partial charge in [-0.05, 0) is 36.4 Å². The van der Waals surface area contributed by atoms with Crippen molar-refractivity contribution in [3.63, 3.8) is 0 Å². The molecule has 0 saturated heterocycles. The second kappa shape index (κ2) is 10.7. The monoisotopic (exact) mass is 469 g/mol. The highest BCUT2D eigenvalue weighted by Gasteiger charge is 2.16. The van der Waals surface area contributed by atoms with Crippen molar-refractivity contribution in [2.45, 2.75) is 4.90 Å². The molecule has 1 aliphatic rings. The molecule has 0 aliphatic carbocycles. The molecule has 1 aliphatic heterocycles. The molecule has 1 heterocycles. The summed E-state index contributed by atoms with van der Waals surface area (Å²) in [7, 11) is 0. The molecule has 0 fully saturated rings. The van der Waals surface area contributed by atoms with Crippen molar-refractivity contribution in [3.05, 3.63) is 78.1 Å². The second-order valence-corrected chi connectivity index (χ2v) is 7.83. The highest BCUT2D eigenvalue weighted by molar-refractivity contribution is 8.00. The minimum absolute atomic E-state index is 0.0138. The van der Waals surface area contributed by atoms with Crippen molar-refractivity contribution < 1.29 is 32.9 Å². The summed E-state index contributed by atoms with van der Waals surface area (Å²) in [4.78, 5) is 25.5. The van der Waals surface area contributed by atoms with Crippen molar-refractivity contribution in [2.75, 3.05) is 31.1 Å². The van der Waals surface area contributed by atoms with E-state index in [4.69, 9.17) is 18.9 Å². The fourth-order valence-electron chi connectivity index (χ4n) is 3.00. The summed E-state index contributed by atoms with van der Waals surface area (Å²) in [6.45, 7) is 0.126. The Morgan fingerprint density at radius 1 is 0.970 bits per heavy atom. The number of halogens is 1. The van der Waals surface area contributed by atoms with Gasteiger partial charge < -0.3 is 24.3 Å². The third-order valence-electron chi connectivity index (χ3n) is 4.53. The molecule has 0 radical (unpaired) electrons. The smallest absolute Gasteiger partial charge is 0.339 e. The SMILES string of the molecule is O=C(CSc1ccccc1C(=O)OCCOc1ccccc1F)Nc1ccc2c(c1)OCO2. The molecule has 0 unspecified atom stereocenters. The lowest BCUT2D eigenvalue weighted by Crippen LogP contribution is -2.15. The first-order chi connectivity index (χ1) is 16.1. The van der Waals surface area contributed by atoms with Crippen molar-refractivity contribution in [3.8, 4) is 17.2 Å². The molecule has 1 amide bonds.